The number of rotatable bonds is 4. The first-order valence-corrected chi connectivity index (χ1v) is 9.10. The second-order valence-corrected chi connectivity index (χ2v) is 8.30. The second-order valence-electron chi connectivity index (χ2n) is 4.00. The van der Waals surface area contributed by atoms with Gasteiger partial charge in [-0.15, -0.1) is 0 Å². The Labute approximate surface area is 124 Å². The Bertz CT molecular complexity index is 508. The van der Waals surface area contributed by atoms with Crippen LogP contribution in [0, 0.1) is 0 Å². The molecule has 5 nitrogen and oxygen atoms in total. The van der Waals surface area contributed by atoms with E-state index in [1.165, 1.54) is 0 Å². The summed E-state index contributed by atoms with van der Waals surface area (Å²) in [6.45, 7) is -0.823. The molecule has 2 atom stereocenters. The van der Waals surface area contributed by atoms with Crippen LogP contribution in [-0.2, 0) is 14.3 Å². The molecule has 0 aliphatic carbocycles. The molecule has 1 aliphatic rings. The Morgan fingerprint density at radius 2 is 2.05 bits per heavy atom. The third-order valence-electron chi connectivity index (χ3n) is 2.61. The van der Waals surface area contributed by atoms with E-state index in [4.69, 9.17) is 5.11 Å². The molecule has 20 heavy (non-hydrogen) atoms. The first-order chi connectivity index (χ1) is 9.45. The van der Waals surface area contributed by atoms with Crippen molar-refractivity contribution in [1.82, 2.24) is 0 Å². The Kier molecular flexibility index (Phi) is 4.65. The molecular weight excluding hydrogens is 471 g/mol. The average molecular weight is 481 g/mol. The van der Waals surface area contributed by atoms with Crippen molar-refractivity contribution in [3.05, 3.63) is 30.3 Å². The predicted molar refractivity (Wildman–Crippen MR) is 64.0 cm³/mol. The van der Waals surface area contributed by atoms with Gasteiger partial charge in [-0.25, -0.2) is 0 Å². The molecule has 1 saturated heterocycles. The van der Waals surface area contributed by atoms with Crippen LogP contribution >= 0.6 is 0 Å². The van der Waals surface area contributed by atoms with Crippen molar-refractivity contribution in [1.29, 1.82) is 0 Å². The second kappa shape index (κ2) is 6.10. The van der Waals surface area contributed by atoms with Gasteiger partial charge in [-0.05, 0) is 0 Å². The van der Waals surface area contributed by atoms with Gasteiger partial charge >= 0.3 is 124 Å². The number of hydrogen-bond acceptors (Lipinski definition) is 5. The van der Waals surface area contributed by atoms with Gasteiger partial charge in [0.2, 0.25) is 0 Å². The van der Waals surface area contributed by atoms with E-state index in [1.54, 1.807) is 30.3 Å². The number of ether oxygens (including phenoxy) is 2. The summed E-state index contributed by atoms with van der Waals surface area (Å²) in [5, 5.41) is 8.90. The summed E-state index contributed by atoms with van der Waals surface area (Å²) in [6.07, 6.45) is -3.57. The van der Waals surface area contributed by atoms with E-state index < -0.39 is 57.6 Å². The van der Waals surface area contributed by atoms with Crippen LogP contribution in [0.2, 0.25) is 0 Å². The summed E-state index contributed by atoms with van der Waals surface area (Å²) in [6, 6.07) is 8.68. The summed E-state index contributed by atoms with van der Waals surface area (Å²) >= 11 is -1.96. The first kappa shape index (κ1) is 15.3. The van der Waals surface area contributed by atoms with Crippen molar-refractivity contribution in [2.75, 3.05) is 6.61 Å². The number of aliphatic hydroxyl groups excluding tert-OH is 1. The van der Waals surface area contributed by atoms with Crippen LogP contribution in [0.5, 0.6) is 0 Å². The van der Waals surface area contributed by atoms with Crippen molar-refractivity contribution in [3.8, 4) is 0 Å². The van der Waals surface area contributed by atoms with E-state index in [0.717, 1.165) is 3.27 Å². The minimum absolute atomic E-state index is 0.738. The van der Waals surface area contributed by atoms with Crippen molar-refractivity contribution in [3.63, 3.8) is 0 Å². The molecule has 0 saturated carbocycles. The molecule has 1 fully saturated rings. The Morgan fingerprint density at radius 1 is 1.40 bits per heavy atom. The molecule has 1 aromatic rings. The zero-order valence-corrected chi connectivity index (χ0v) is 13.5. The van der Waals surface area contributed by atoms with Gasteiger partial charge in [0.25, 0.3) is 0 Å². The quantitative estimate of drug-likeness (QED) is 0.488. The molecule has 0 aromatic heterocycles. The van der Waals surface area contributed by atoms with Crippen molar-refractivity contribution < 1.29 is 33.0 Å². The number of cyclic esters (lactones) is 1. The Hall–Kier alpha value is -1.14. The topological polar surface area (TPSA) is 72.8 Å². The van der Waals surface area contributed by atoms with Gasteiger partial charge in [0, 0.05) is 0 Å². The number of benzene rings is 1. The van der Waals surface area contributed by atoms with E-state index in [9.17, 15) is 18.4 Å². The Balaban J connectivity index is 2.04. The van der Waals surface area contributed by atoms with E-state index in [0.29, 0.717) is 0 Å². The van der Waals surface area contributed by atoms with E-state index >= 15 is 0 Å². The fraction of sp³-hybridized carbons (Fsp3) is 0.333. The number of carbonyl (C=O) groups is 2. The predicted octanol–water partition coefficient (Wildman–Crippen LogP) is 0.0743. The van der Waals surface area contributed by atoms with Gasteiger partial charge in [-0.1, -0.05) is 0 Å². The van der Waals surface area contributed by atoms with Gasteiger partial charge in [0.15, 0.2) is 0 Å². The van der Waals surface area contributed by atoms with Gasteiger partial charge in [-0.2, -0.15) is 0 Å². The van der Waals surface area contributed by atoms with Crippen LogP contribution in [0.15, 0.2) is 30.3 Å². The average Bonchev–Trinajstić information content (AvgIpc) is 2.63. The zero-order valence-electron chi connectivity index (χ0n) is 10.0. The van der Waals surface area contributed by atoms with Gasteiger partial charge in [0.05, 0.1) is 0 Å². The third-order valence-corrected chi connectivity index (χ3v) is 5.89. The standard InChI is InChI=1S/C6H5F2O5.C6H5.Bi/c7-6(8)4(12-2-10)3(1-9)13-5(6)11;1-2-4-6-5-3-1;/h3-4,9H,1H2;1-5H;/t3-,4?;;/m1../s1. The molecule has 1 unspecified atom stereocenters. The molecule has 1 heterocycles. The molecule has 1 N–H and O–H groups in total. The summed E-state index contributed by atoms with van der Waals surface area (Å²) in [5.74, 6) is -5.69. The zero-order chi connectivity index (χ0) is 14.8. The number of hydrogen-bond donors (Lipinski definition) is 1. The van der Waals surface area contributed by atoms with Crippen LogP contribution in [0.3, 0.4) is 0 Å². The maximum atomic E-state index is 13.5. The molecule has 0 spiro atoms. The number of aliphatic hydroxyl groups is 1. The monoisotopic (exact) mass is 481 g/mol. The van der Waals surface area contributed by atoms with Crippen LogP contribution in [0.25, 0.3) is 0 Å². The fourth-order valence-electron chi connectivity index (χ4n) is 1.65. The first-order valence-electron chi connectivity index (χ1n) is 5.62. The maximum absolute atomic E-state index is 13.5. The van der Waals surface area contributed by atoms with E-state index in [1.807, 2.05) is 0 Å². The molecule has 107 valence electrons. The van der Waals surface area contributed by atoms with E-state index in [2.05, 4.69) is 9.47 Å². The number of halogens is 2. The summed E-state index contributed by atoms with van der Waals surface area (Å²) in [5.41, 5.74) is 0. The van der Waals surface area contributed by atoms with Crippen LogP contribution in [0.4, 0.5) is 13.6 Å². The van der Waals surface area contributed by atoms with Crippen molar-refractivity contribution >= 4 is 36.2 Å². The van der Waals surface area contributed by atoms with Crippen LogP contribution in [0.1, 0.15) is 0 Å². The molecular formula is C12H10BiF2O5. The normalized spacial score (nSPS) is 24.2. The summed E-state index contributed by atoms with van der Waals surface area (Å²) in [7, 11) is 0. The molecule has 1 radical (unpaired) electrons. The summed E-state index contributed by atoms with van der Waals surface area (Å²) < 4.78 is 36.0. The van der Waals surface area contributed by atoms with Gasteiger partial charge in [0.1, 0.15) is 0 Å². The third kappa shape index (κ3) is 3.12. The number of esters is 1. The molecule has 2 rings (SSSR count). The minimum atomic E-state index is -3.92. The van der Waals surface area contributed by atoms with Crippen LogP contribution < -0.4 is 3.27 Å². The number of carbonyl (C=O) groups excluding carboxylic acids is 2. The van der Waals surface area contributed by atoms with Gasteiger partial charge in [-0.3, -0.25) is 0 Å². The van der Waals surface area contributed by atoms with Crippen molar-refractivity contribution in [2.45, 2.75) is 18.1 Å². The van der Waals surface area contributed by atoms with Crippen molar-refractivity contribution in [2.24, 2.45) is 0 Å². The van der Waals surface area contributed by atoms with Crippen LogP contribution in [-0.4, -0.2) is 62.7 Å². The summed E-state index contributed by atoms with van der Waals surface area (Å²) in [4.78, 5) is 22.7. The SMILES string of the molecule is O=[C](OC1[C@@H](CO)OC(=O)C1(F)F)[Bi][c]1ccccc1. The molecule has 8 heteroatoms. The number of alkyl halides is 2. The van der Waals surface area contributed by atoms with Gasteiger partial charge < -0.3 is 0 Å². The molecule has 1 aromatic carbocycles. The Morgan fingerprint density at radius 3 is 2.65 bits per heavy atom. The molecule has 1 aliphatic heterocycles. The van der Waals surface area contributed by atoms with E-state index in [-0.39, 0.29) is 0 Å². The molecule has 0 amide bonds. The molecule has 0 bridgehead atoms. The fourth-order valence-corrected chi connectivity index (χ4v) is 4.37.